The zero-order valence-corrected chi connectivity index (χ0v) is 14.4. The van der Waals surface area contributed by atoms with Gasteiger partial charge in [-0.25, -0.2) is 0 Å². The van der Waals surface area contributed by atoms with Crippen LogP contribution in [-0.4, -0.2) is 86.3 Å². The SMILES string of the molecule is CCN1CCN(CCOC2CCN(CC(C)C)CC2)CC1. The second kappa shape index (κ2) is 9.09. The van der Waals surface area contributed by atoms with Gasteiger partial charge in [-0.2, -0.15) is 0 Å². The van der Waals surface area contributed by atoms with Crippen LogP contribution in [0.4, 0.5) is 0 Å². The number of rotatable bonds is 7. The van der Waals surface area contributed by atoms with E-state index < -0.39 is 0 Å². The van der Waals surface area contributed by atoms with Gasteiger partial charge in [-0.1, -0.05) is 20.8 Å². The molecule has 0 aromatic rings. The van der Waals surface area contributed by atoms with Crippen molar-refractivity contribution < 1.29 is 4.74 Å². The summed E-state index contributed by atoms with van der Waals surface area (Å²) in [6, 6.07) is 0. The molecule has 0 radical (unpaired) electrons. The molecule has 124 valence electrons. The van der Waals surface area contributed by atoms with Crippen LogP contribution in [0.5, 0.6) is 0 Å². The van der Waals surface area contributed by atoms with Gasteiger partial charge in [0.2, 0.25) is 0 Å². The normalized spacial score (nSPS) is 24.0. The quantitative estimate of drug-likeness (QED) is 0.713. The van der Waals surface area contributed by atoms with Crippen molar-refractivity contribution in [2.75, 3.05) is 65.5 Å². The largest absolute Gasteiger partial charge is 0.377 e. The first-order valence-corrected chi connectivity index (χ1v) is 8.96. The first-order chi connectivity index (χ1) is 10.2. The molecule has 0 aromatic heterocycles. The highest BCUT2D eigenvalue weighted by Gasteiger charge is 2.20. The zero-order chi connectivity index (χ0) is 15.1. The van der Waals surface area contributed by atoms with Crippen LogP contribution in [0.25, 0.3) is 0 Å². The monoisotopic (exact) mass is 297 g/mol. The lowest BCUT2D eigenvalue weighted by Gasteiger charge is -2.35. The molecule has 2 aliphatic heterocycles. The molecule has 21 heavy (non-hydrogen) atoms. The number of hydrogen-bond donors (Lipinski definition) is 0. The standard InChI is InChI=1S/C17H35N3O/c1-4-18-9-11-19(12-10-18)13-14-21-17-5-7-20(8-6-17)15-16(2)3/h16-17H,4-15H2,1-3H3. The smallest absolute Gasteiger partial charge is 0.0600 e. The molecule has 2 aliphatic rings. The molecule has 0 spiro atoms. The summed E-state index contributed by atoms with van der Waals surface area (Å²) in [6.07, 6.45) is 2.94. The van der Waals surface area contributed by atoms with E-state index in [-0.39, 0.29) is 0 Å². The molecule has 0 unspecified atom stereocenters. The lowest BCUT2D eigenvalue weighted by Crippen LogP contribution is -2.47. The van der Waals surface area contributed by atoms with Gasteiger partial charge in [0.25, 0.3) is 0 Å². The Labute approximate surface area is 131 Å². The Morgan fingerprint density at radius 1 is 0.905 bits per heavy atom. The fourth-order valence-electron chi connectivity index (χ4n) is 3.45. The zero-order valence-electron chi connectivity index (χ0n) is 14.4. The van der Waals surface area contributed by atoms with Gasteiger partial charge in [0.15, 0.2) is 0 Å². The van der Waals surface area contributed by atoms with E-state index in [9.17, 15) is 0 Å². The topological polar surface area (TPSA) is 19.0 Å². The number of likely N-dealkylation sites (N-methyl/N-ethyl adjacent to an activating group) is 1. The third-order valence-corrected chi connectivity index (χ3v) is 4.83. The maximum Gasteiger partial charge on any atom is 0.0600 e. The van der Waals surface area contributed by atoms with Crippen LogP contribution in [0.2, 0.25) is 0 Å². The Bertz CT molecular complexity index is 269. The maximum absolute atomic E-state index is 6.11. The lowest BCUT2D eigenvalue weighted by molar-refractivity contribution is -0.00770. The van der Waals surface area contributed by atoms with Gasteiger partial charge < -0.3 is 14.5 Å². The molecule has 2 fully saturated rings. The molecular weight excluding hydrogens is 262 g/mol. The lowest BCUT2D eigenvalue weighted by atomic mass is 10.1. The van der Waals surface area contributed by atoms with Gasteiger partial charge >= 0.3 is 0 Å². The van der Waals surface area contributed by atoms with Crippen LogP contribution < -0.4 is 0 Å². The van der Waals surface area contributed by atoms with Crippen LogP contribution in [-0.2, 0) is 4.74 Å². The molecule has 0 bridgehead atoms. The fraction of sp³-hybridized carbons (Fsp3) is 1.00. The van der Waals surface area contributed by atoms with Gasteiger partial charge in [-0.05, 0) is 25.3 Å². The predicted octanol–water partition coefficient (Wildman–Crippen LogP) is 1.76. The number of nitrogens with zero attached hydrogens (tertiary/aromatic N) is 3. The summed E-state index contributed by atoms with van der Waals surface area (Å²) >= 11 is 0. The molecular formula is C17H35N3O. The van der Waals surface area contributed by atoms with E-state index in [1.165, 1.54) is 65.2 Å². The molecule has 0 amide bonds. The summed E-state index contributed by atoms with van der Waals surface area (Å²) in [5.74, 6) is 0.782. The summed E-state index contributed by atoms with van der Waals surface area (Å²) < 4.78 is 6.11. The summed E-state index contributed by atoms with van der Waals surface area (Å²) in [6.45, 7) is 18.7. The van der Waals surface area contributed by atoms with Crippen molar-refractivity contribution in [3.63, 3.8) is 0 Å². The first kappa shape index (κ1) is 17.2. The van der Waals surface area contributed by atoms with Gasteiger partial charge in [0.1, 0.15) is 0 Å². The molecule has 4 heteroatoms. The van der Waals surface area contributed by atoms with E-state index in [0.717, 1.165) is 19.1 Å². The van der Waals surface area contributed by atoms with Crippen LogP contribution in [0, 0.1) is 5.92 Å². The van der Waals surface area contributed by atoms with Gasteiger partial charge in [0.05, 0.1) is 12.7 Å². The number of hydrogen-bond acceptors (Lipinski definition) is 4. The molecule has 4 nitrogen and oxygen atoms in total. The average molecular weight is 297 g/mol. The van der Waals surface area contributed by atoms with Crippen molar-refractivity contribution in [3.05, 3.63) is 0 Å². The molecule has 0 atom stereocenters. The van der Waals surface area contributed by atoms with Crippen LogP contribution in [0.15, 0.2) is 0 Å². The molecule has 0 aliphatic carbocycles. The third kappa shape index (κ3) is 6.23. The number of piperidine rings is 1. The summed E-state index contributed by atoms with van der Waals surface area (Å²) in [5.41, 5.74) is 0. The Balaban J connectivity index is 1.52. The van der Waals surface area contributed by atoms with Crippen LogP contribution in [0.1, 0.15) is 33.6 Å². The van der Waals surface area contributed by atoms with E-state index >= 15 is 0 Å². The summed E-state index contributed by atoms with van der Waals surface area (Å²) in [7, 11) is 0. The Morgan fingerprint density at radius 2 is 1.52 bits per heavy atom. The van der Waals surface area contributed by atoms with E-state index in [1.54, 1.807) is 0 Å². The Morgan fingerprint density at radius 3 is 2.10 bits per heavy atom. The second-order valence-electron chi connectivity index (χ2n) is 7.04. The number of likely N-dealkylation sites (tertiary alicyclic amines) is 1. The fourth-order valence-corrected chi connectivity index (χ4v) is 3.45. The van der Waals surface area contributed by atoms with Crippen molar-refractivity contribution in [3.8, 4) is 0 Å². The number of ether oxygens (including phenoxy) is 1. The molecule has 0 N–H and O–H groups in total. The van der Waals surface area contributed by atoms with Crippen LogP contribution in [0.3, 0.4) is 0 Å². The molecule has 2 heterocycles. The molecule has 2 rings (SSSR count). The van der Waals surface area contributed by atoms with Crippen molar-refractivity contribution in [1.82, 2.24) is 14.7 Å². The number of piperazine rings is 1. The first-order valence-electron chi connectivity index (χ1n) is 8.96. The van der Waals surface area contributed by atoms with Crippen molar-refractivity contribution in [2.24, 2.45) is 5.92 Å². The minimum absolute atomic E-state index is 0.505. The highest BCUT2D eigenvalue weighted by molar-refractivity contribution is 4.74. The van der Waals surface area contributed by atoms with E-state index in [1.807, 2.05) is 0 Å². The summed E-state index contributed by atoms with van der Waals surface area (Å²) in [4.78, 5) is 7.68. The highest BCUT2D eigenvalue weighted by Crippen LogP contribution is 2.15. The minimum atomic E-state index is 0.505. The van der Waals surface area contributed by atoms with E-state index in [4.69, 9.17) is 4.74 Å². The minimum Gasteiger partial charge on any atom is -0.377 e. The highest BCUT2D eigenvalue weighted by atomic mass is 16.5. The Kier molecular flexibility index (Phi) is 7.44. The van der Waals surface area contributed by atoms with Crippen molar-refractivity contribution in [1.29, 1.82) is 0 Å². The molecule has 2 saturated heterocycles. The van der Waals surface area contributed by atoms with Gasteiger partial charge in [0, 0.05) is 52.4 Å². The maximum atomic E-state index is 6.11. The van der Waals surface area contributed by atoms with Gasteiger partial charge in [-0.15, -0.1) is 0 Å². The molecule has 0 saturated carbocycles. The van der Waals surface area contributed by atoms with Crippen molar-refractivity contribution in [2.45, 2.75) is 39.7 Å². The van der Waals surface area contributed by atoms with E-state index in [0.29, 0.717) is 6.10 Å². The van der Waals surface area contributed by atoms with Crippen LogP contribution >= 0.6 is 0 Å². The Hall–Kier alpha value is -0.160. The summed E-state index contributed by atoms with van der Waals surface area (Å²) in [5, 5.41) is 0. The molecule has 0 aromatic carbocycles. The predicted molar refractivity (Wildman–Crippen MR) is 88.8 cm³/mol. The second-order valence-corrected chi connectivity index (χ2v) is 7.04. The third-order valence-electron chi connectivity index (χ3n) is 4.83. The van der Waals surface area contributed by atoms with Crippen molar-refractivity contribution >= 4 is 0 Å². The average Bonchev–Trinajstić information content (AvgIpc) is 2.49. The van der Waals surface area contributed by atoms with E-state index in [2.05, 4.69) is 35.5 Å². The van der Waals surface area contributed by atoms with Gasteiger partial charge in [-0.3, -0.25) is 4.90 Å².